The third-order valence-corrected chi connectivity index (χ3v) is 4.82. The van der Waals surface area contributed by atoms with E-state index in [9.17, 15) is 9.59 Å². The number of esters is 1. The van der Waals surface area contributed by atoms with Gasteiger partial charge in [-0.1, -0.05) is 11.6 Å². The van der Waals surface area contributed by atoms with E-state index in [2.05, 4.69) is 0 Å². The minimum Gasteiger partial charge on any atom is -0.468 e. The van der Waals surface area contributed by atoms with Gasteiger partial charge in [-0.2, -0.15) is 0 Å². The highest BCUT2D eigenvalue weighted by atomic mass is 35.5. The van der Waals surface area contributed by atoms with Crippen LogP contribution in [0, 0.1) is 6.92 Å². The van der Waals surface area contributed by atoms with Gasteiger partial charge in [-0.15, -0.1) is 0 Å². The molecule has 2 heterocycles. The van der Waals surface area contributed by atoms with E-state index in [0.29, 0.717) is 5.02 Å². The second-order valence-corrected chi connectivity index (χ2v) is 6.98. The van der Waals surface area contributed by atoms with Gasteiger partial charge in [0, 0.05) is 51.1 Å². The van der Waals surface area contributed by atoms with Gasteiger partial charge in [0.1, 0.15) is 6.54 Å². The zero-order valence-corrected chi connectivity index (χ0v) is 16.0. The summed E-state index contributed by atoms with van der Waals surface area (Å²) in [7, 11) is 1.37. The second kappa shape index (κ2) is 7.00. The third-order valence-electron chi connectivity index (χ3n) is 4.58. The largest absolute Gasteiger partial charge is 0.468 e. The lowest BCUT2D eigenvalue weighted by Gasteiger charge is -2.12. The lowest BCUT2D eigenvalue weighted by molar-refractivity contribution is -0.141. The molecular weight excluding hydrogens is 352 g/mol. The molecule has 0 saturated carbocycles. The Kier molecular flexibility index (Phi) is 4.92. The highest BCUT2D eigenvalue weighted by Crippen LogP contribution is 2.36. The molecule has 0 saturated heterocycles. The van der Waals surface area contributed by atoms with Crippen LogP contribution in [-0.2, 0) is 16.1 Å². The summed E-state index contributed by atoms with van der Waals surface area (Å²) in [5.41, 5.74) is 3.64. The summed E-state index contributed by atoms with van der Waals surface area (Å²) < 4.78 is 8.44. The SMILES string of the molecule is COC(=O)Cn1c(C)c(-c2ccc(=O)n(C(C)C)c2)c2cc(Cl)ccc21. The number of hydrogen-bond acceptors (Lipinski definition) is 3. The Morgan fingerprint density at radius 2 is 1.96 bits per heavy atom. The molecule has 5 nitrogen and oxygen atoms in total. The zero-order chi connectivity index (χ0) is 19.0. The van der Waals surface area contributed by atoms with Crippen molar-refractivity contribution in [1.29, 1.82) is 0 Å². The summed E-state index contributed by atoms with van der Waals surface area (Å²) in [6, 6.07) is 9.02. The summed E-state index contributed by atoms with van der Waals surface area (Å²) in [6.07, 6.45) is 1.86. The van der Waals surface area contributed by atoms with Crippen molar-refractivity contribution in [3.8, 4) is 11.1 Å². The first kappa shape index (κ1) is 18.3. The quantitative estimate of drug-likeness (QED) is 0.645. The molecule has 0 aliphatic carbocycles. The molecule has 0 fully saturated rings. The summed E-state index contributed by atoms with van der Waals surface area (Å²) in [5, 5.41) is 1.55. The van der Waals surface area contributed by atoms with Gasteiger partial charge in [0.2, 0.25) is 0 Å². The number of benzene rings is 1. The third kappa shape index (κ3) is 3.15. The van der Waals surface area contributed by atoms with Crippen LogP contribution in [0.15, 0.2) is 41.3 Å². The van der Waals surface area contributed by atoms with Gasteiger partial charge in [-0.25, -0.2) is 0 Å². The van der Waals surface area contributed by atoms with Gasteiger partial charge in [0.05, 0.1) is 7.11 Å². The number of nitrogens with zero attached hydrogens (tertiary/aromatic N) is 2. The summed E-state index contributed by atoms with van der Waals surface area (Å²) in [4.78, 5) is 24.0. The summed E-state index contributed by atoms with van der Waals surface area (Å²) in [5.74, 6) is -0.321. The Bertz CT molecular complexity index is 1050. The number of carbonyl (C=O) groups is 1. The summed E-state index contributed by atoms with van der Waals surface area (Å²) >= 11 is 6.22. The molecule has 3 aromatic rings. The standard InChI is InChI=1S/C20H21ClN2O3/c1-12(2)22-10-14(5-8-18(22)24)20-13(3)23(11-19(25)26-4)17-7-6-15(21)9-16(17)20/h5-10,12H,11H2,1-4H3. The molecule has 0 spiro atoms. The van der Waals surface area contributed by atoms with E-state index in [4.69, 9.17) is 16.3 Å². The fourth-order valence-electron chi connectivity index (χ4n) is 3.27. The topological polar surface area (TPSA) is 53.2 Å². The number of aromatic nitrogens is 2. The van der Waals surface area contributed by atoms with Gasteiger partial charge < -0.3 is 13.9 Å². The van der Waals surface area contributed by atoms with Crippen molar-refractivity contribution < 1.29 is 9.53 Å². The number of halogens is 1. The molecule has 26 heavy (non-hydrogen) atoms. The molecule has 0 radical (unpaired) electrons. The van der Waals surface area contributed by atoms with Crippen LogP contribution in [0.5, 0.6) is 0 Å². The number of carbonyl (C=O) groups excluding carboxylic acids is 1. The van der Waals surface area contributed by atoms with E-state index in [1.165, 1.54) is 7.11 Å². The molecule has 136 valence electrons. The van der Waals surface area contributed by atoms with Crippen LogP contribution in [0.2, 0.25) is 5.02 Å². The number of pyridine rings is 1. The van der Waals surface area contributed by atoms with Crippen LogP contribution in [0.3, 0.4) is 0 Å². The van der Waals surface area contributed by atoms with E-state index < -0.39 is 0 Å². The fraction of sp³-hybridized carbons (Fsp3) is 0.300. The molecular formula is C20H21ClN2O3. The first-order valence-corrected chi connectivity index (χ1v) is 8.79. The molecule has 0 unspecified atom stereocenters. The van der Waals surface area contributed by atoms with Crippen molar-refractivity contribution in [1.82, 2.24) is 9.13 Å². The van der Waals surface area contributed by atoms with E-state index in [1.54, 1.807) is 16.7 Å². The Morgan fingerprint density at radius 1 is 1.23 bits per heavy atom. The minimum atomic E-state index is -0.321. The lowest BCUT2D eigenvalue weighted by atomic mass is 10.0. The molecule has 6 heteroatoms. The lowest BCUT2D eigenvalue weighted by Crippen LogP contribution is -2.20. The number of hydrogen-bond donors (Lipinski definition) is 0. The monoisotopic (exact) mass is 372 g/mol. The van der Waals surface area contributed by atoms with Crippen LogP contribution < -0.4 is 5.56 Å². The molecule has 0 atom stereocenters. The Labute approximate surface area is 156 Å². The number of rotatable bonds is 4. The Balaban J connectivity index is 2.31. The molecule has 0 aliphatic heterocycles. The van der Waals surface area contributed by atoms with Crippen molar-refractivity contribution in [2.75, 3.05) is 7.11 Å². The van der Waals surface area contributed by atoms with Gasteiger partial charge >= 0.3 is 5.97 Å². The van der Waals surface area contributed by atoms with Crippen LogP contribution >= 0.6 is 11.6 Å². The Morgan fingerprint density at radius 3 is 2.62 bits per heavy atom. The number of ether oxygens (including phenoxy) is 1. The van der Waals surface area contributed by atoms with Crippen LogP contribution in [0.1, 0.15) is 25.6 Å². The minimum absolute atomic E-state index is 0.0438. The smallest absolute Gasteiger partial charge is 0.325 e. The number of fused-ring (bicyclic) bond motifs is 1. The van der Waals surface area contributed by atoms with Crippen LogP contribution in [0.4, 0.5) is 0 Å². The maximum absolute atomic E-state index is 12.1. The van der Waals surface area contributed by atoms with Crippen molar-refractivity contribution in [3.05, 3.63) is 57.6 Å². The molecule has 0 amide bonds. The molecule has 2 aromatic heterocycles. The van der Waals surface area contributed by atoms with E-state index in [1.807, 2.05) is 49.7 Å². The van der Waals surface area contributed by atoms with E-state index in [-0.39, 0.29) is 24.1 Å². The molecule has 1 aromatic carbocycles. The predicted molar refractivity (Wildman–Crippen MR) is 104 cm³/mol. The first-order valence-electron chi connectivity index (χ1n) is 8.41. The highest BCUT2D eigenvalue weighted by Gasteiger charge is 2.19. The molecule has 0 N–H and O–H groups in total. The van der Waals surface area contributed by atoms with Gasteiger partial charge in [0.15, 0.2) is 0 Å². The normalized spacial score (nSPS) is 11.3. The predicted octanol–water partition coefficient (Wildman–Crippen LogP) is 4.19. The maximum atomic E-state index is 12.1. The zero-order valence-electron chi connectivity index (χ0n) is 15.2. The van der Waals surface area contributed by atoms with Crippen molar-refractivity contribution in [2.24, 2.45) is 0 Å². The second-order valence-electron chi connectivity index (χ2n) is 6.54. The highest BCUT2D eigenvalue weighted by molar-refractivity contribution is 6.31. The van der Waals surface area contributed by atoms with Crippen LogP contribution in [0.25, 0.3) is 22.0 Å². The average Bonchev–Trinajstić information content (AvgIpc) is 2.86. The fourth-order valence-corrected chi connectivity index (χ4v) is 3.44. The first-order chi connectivity index (χ1) is 12.3. The molecule has 0 bridgehead atoms. The molecule has 3 rings (SSSR count). The van der Waals surface area contributed by atoms with E-state index >= 15 is 0 Å². The summed E-state index contributed by atoms with van der Waals surface area (Å²) in [6.45, 7) is 6.01. The van der Waals surface area contributed by atoms with Crippen molar-refractivity contribution >= 4 is 28.5 Å². The van der Waals surface area contributed by atoms with Crippen LogP contribution in [-0.4, -0.2) is 22.2 Å². The Hall–Kier alpha value is -2.53. The van der Waals surface area contributed by atoms with Gasteiger partial charge in [0.25, 0.3) is 5.56 Å². The molecule has 0 aliphatic rings. The van der Waals surface area contributed by atoms with Gasteiger partial charge in [-0.3, -0.25) is 9.59 Å². The van der Waals surface area contributed by atoms with Crippen molar-refractivity contribution in [2.45, 2.75) is 33.4 Å². The maximum Gasteiger partial charge on any atom is 0.325 e. The number of methoxy groups -OCH3 is 1. The average molecular weight is 373 g/mol. The van der Waals surface area contributed by atoms with E-state index in [0.717, 1.165) is 27.7 Å². The van der Waals surface area contributed by atoms with Gasteiger partial charge in [-0.05, 0) is 45.0 Å². The van der Waals surface area contributed by atoms with Crippen molar-refractivity contribution in [3.63, 3.8) is 0 Å².